The molecule has 1 aromatic heterocycles. The summed E-state index contributed by atoms with van der Waals surface area (Å²) in [7, 11) is 2.21. The van der Waals surface area contributed by atoms with E-state index in [-0.39, 0.29) is 0 Å². The zero-order valence-corrected chi connectivity index (χ0v) is 12.1. The maximum Gasteiger partial charge on any atom is 0.0547 e. The Hall–Kier alpha value is -0.930. The molecule has 104 valence electrons. The summed E-state index contributed by atoms with van der Waals surface area (Å²) in [4.78, 5) is 7.17. The maximum atomic E-state index is 4.76. The Morgan fingerprint density at radius 1 is 1.32 bits per heavy atom. The second-order valence-corrected chi connectivity index (χ2v) is 6.45. The zero-order valence-electron chi connectivity index (χ0n) is 12.1. The Labute approximate surface area is 116 Å². The van der Waals surface area contributed by atoms with E-state index < -0.39 is 0 Å². The van der Waals surface area contributed by atoms with Gasteiger partial charge in [-0.1, -0.05) is 13.0 Å². The van der Waals surface area contributed by atoms with Gasteiger partial charge in [0.05, 0.1) is 11.4 Å². The second kappa shape index (κ2) is 5.59. The highest BCUT2D eigenvalue weighted by Crippen LogP contribution is 2.38. The fourth-order valence-corrected chi connectivity index (χ4v) is 2.65. The minimum atomic E-state index is 0.754. The average molecular weight is 259 g/mol. The van der Waals surface area contributed by atoms with Crippen LogP contribution in [-0.2, 0) is 13.1 Å². The molecule has 0 bridgehead atoms. The molecular weight excluding hydrogens is 234 g/mol. The summed E-state index contributed by atoms with van der Waals surface area (Å²) in [6.07, 6.45) is 4.08. The second-order valence-electron chi connectivity index (χ2n) is 6.45. The molecule has 3 rings (SSSR count). The number of aromatic nitrogens is 1. The molecule has 0 aliphatic heterocycles. The minimum Gasteiger partial charge on any atom is -0.308 e. The highest BCUT2D eigenvalue weighted by Gasteiger charge is 2.33. The van der Waals surface area contributed by atoms with Gasteiger partial charge in [-0.15, -0.1) is 0 Å². The number of rotatable bonds is 7. The van der Waals surface area contributed by atoms with Crippen LogP contribution in [-0.4, -0.2) is 29.5 Å². The van der Waals surface area contributed by atoms with E-state index >= 15 is 0 Å². The van der Waals surface area contributed by atoms with Crippen LogP contribution in [0.1, 0.15) is 37.6 Å². The lowest BCUT2D eigenvalue weighted by atomic mass is 10.2. The molecule has 2 aliphatic carbocycles. The van der Waals surface area contributed by atoms with E-state index in [0.29, 0.717) is 0 Å². The smallest absolute Gasteiger partial charge is 0.0547 e. The monoisotopic (exact) mass is 259 g/mol. The lowest BCUT2D eigenvalue weighted by Crippen LogP contribution is -2.22. The third-order valence-electron chi connectivity index (χ3n) is 4.27. The summed E-state index contributed by atoms with van der Waals surface area (Å²) in [6, 6.07) is 7.17. The van der Waals surface area contributed by atoms with Crippen molar-refractivity contribution in [2.45, 2.75) is 45.3 Å². The molecule has 2 unspecified atom stereocenters. The Balaban J connectivity index is 1.49. The first kappa shape index (κ1) is 13.1. The fourth-order valence-electron chi connectivity index (χ4n) is 2.65. The Morgan fingerprint density at radius 2 is 2.05 bits per heavy atom. The Kier molecular flexibility index (Phi) is 3.85. The van der Waals surface area contributed by atoms with Gasteiger partial charge in [0.15, 0.2) is 0 Å². The van der Waals surface area contributed by atoms with Crippen LogP contribution >= 0.6 is 0 Å². The van der Waals surface area contributed by atoms with Gasteiger partial charge in [-0.05, 0) is 50.3 Å². The molecule has 2 aliphatic rings. The molecule has 0 saturated heterocycles. The topological polar surface area (TPSA) is 28.2 Å². The van der Waals surface area contributed by atoms with Crippen molar-refractivity contribution in [2.24, 2.45) is 11.8 Å². The largest absolute Gasteiger partial charge is 0.308 e. The third-order valence-corrected chi connectivity index (χ3v) is 4.27. The number of hydrogen-bond acceptors (Lipinski definition) is 3. The van der Waals surface area contributed by atoms with Gasteiger partial charge in [-0.25, -0.2) is 0 Å². The Morgan fingerprint density at radius 3 is 2.74 bits per heavy atom. The molecule has 0 spiro atoms. The van der Waals surface area contributed by atoms with E-state index in [4.69, 9.17) is 4.98 Å². The predicted octanol–water partition coefficient (Wildman–Crippen LogP) is 2.42. The predicted molar refractivity (Wildman–Crippen MR) is 77.7 cm³/mol. The van der Waals surface area contributed by atoms with Crippen LogP contribution in [0, 0.1) is 11.8 Å². The molecule has 0 aromatic carbocycles. The first-order chi connectivity index (χ1) is 9.20. The van der Waals surface area contributed by atoms with Crippen LogP contribution in [0.3, 0.4) is 0 Å². The SMILES string of the molecule is CC1CC1CN(C)Cc1cccc(CNC2CC2)n1. The number of nitrogens with zero attached hydrogens (tertiary/aromatic N) is 2. The van der Waals surface area contributed by atoms with Gasteiger partial charge in [0, 0.05) is 25.7 Å². The van der Waals surface area contributed by atoms with Gasteiger partial charge in [0.1, 0.15) is 0 Å². The first-order valence-electron chi connectivity index (χ1n) is 7.57. The first-order valence-corrected chi connectivity index (χ1v) is 7.57. The highest BCUT2D eigenvalue weighted by molar-refractivity contribution is 5.11. The summed E-state index contributed by atoms with van der Waals surface area (Å²) in [5.41, 5.74) is 2.38. The Bertz CT molecular complexity index is 428. The summed E-state index contributed by atoms with van der Waals surface area (Å²) in [5, 5.41) is 3.53. The minimum absolute atomic E-state index is 0.754. The van der Waals surface area contributed by atoms with E-state index in [2.05, 4.69) is 42.4 Å². The van der Waals surface area contributed by atoms with Crippen molar-refractivity contribution in [3.63, 3.8) is 0 Å². The van der Waals surface area contributed by atoms with Crippen molar-refractivity contribution in [1.29, 1.82) is 0 Å². The molecule has 3 nitrogen and oxygen atoms in total. The van der Waals surface area contributed by atoms with Crippen molar-refractivity contribution in [3.05, 3.63) is 29.6 Å². The number of pyridine rings is 1. The van der Waals surface area contributed by atoms with Crippen LogP contribution in [0.15, 0.2) is 18.2 Å². The van der Waals surface area contributed by atoms with Gasteiger partial charge in [0.2, 0.25) is 0 Å². The highest BCUT2D eigenvalue weighted by atomic mass is 15.1. The van der Waals surface area contributed by atoms with E-state index in [1.807, 2.05) is 0 Å². The standard InChI is InChI=1S/C16H25N3/c1-12-8-13(12)10-19(2)11-16-5-3-4-15(18-16)9-17-14-6-7-14/h3-5,12-14,17H,6-11H2,1-2H3. The van der Waals surface area contributed by atoms with Gasteiger partial charge in [0.25, 0.3) is 0 Å². The lowest BCUT2D eigenvalue weighted by Gasteiger charge is -2.16. The fraction of sp³-hybridized carbons (Fsp3) is 0.688. The summed E-state index contributed by atoms with van der Waals surface area (Å²) >= 11 is 0. The molecule has 1 N–H and O–H groups in total. The van der Waals surface area contributed by atoms with Crippen molar-refractivity contribution in [1.82, 2.24) is 15.2 Å². The molecule has 1 heterocycles. The maximum absolute atomic E-state index is 4.76. The van der Waals surface area contributed by atoms with Crippen molar-refractivity contribution >= 4 is 0 Å². The van der Waals surface area contributed by atoms with Crippen molar-refractivity contribution in [3.8, 4) is 0 Å². The number of nitrogens with one attached hydrogen (secondary N) is 1. The van der Waals surface area contributed by atoms with Crippen LogP contribution in [0.25, 0.3) is 0 Å². The van der Waals surface area contributed by atoms with Gasteiger partial charge in [-0.3, -0.25) is 4.98 Å². The number of hydrogen-bond donors (Lipinski definition) is 1. The van der Waals surface area contributed by atoms with Gasteiger partial charge >= 0.3 is 0 Å². The van der Waals surface area contributed by atoms with E-state index in [9.17, 15) is 0 Å². The average Bonchev–Trinajstić information content (AvgIpc) is 3.27. The van der Waals surface area contributed by atoms with Crippen LogP contribution in [0.2, 0.25) is 0 Å². The summed E-state index contributed by atoms with van der Waals surface area (Å²) < 4.78 is 0. The normalized spacial score (nSPS) is 25.8. The molecular formula is C16H25N3. The molecule has 0 amide bonds. The van der Waals surface area contributed by atoms with Gasteiger partial charge in [-0.2, -0.15) is 0 Å². The third kappa shape index (κ3) is 4.02. The molecule has 2 atom stereocenters. The van der Waals surface area contributed by atoms with Crippen LogP contribution < -0.4 is 5.32 Å². The lowest BCUT2D eigenvalue weighted by molar-refractivity contribution is 0.304. The van der Waals surface area contributed by atoms with E-state index in [1.54, 1.807) is 0 Å². The molecule has 2 fully saturated rings. The van der Waals surface area contributed by atoms with E-state index in [0.717, 1.165) is 31.0 Å². The summed E-state index contributed by atoms with van der Waals surface area (Å²) in [6.45, 7) is 5.46. The molecule has 0 radical (unpaired) electrons. The van der Waals surface area contributed by atoms with Crippen molar-refractivity contribution < 1.29 is 0 Å². The molecule has 3 heteroatoms. The van der Waals surface area contributed by atoms with E-state index in [1.165, 1.54) is 37.2 Å². The van der Waals surface area contributed by atoms with Gasteiger partial charge < -0.3 is 10.2 Å². The quantitative estimate of drug-likeness (QED) is 0.815. The molecule has 19 heavy (non-hydrogen) atoms. The molecule has 1 aromatic rings. The zero-order chi connectivity index (χ0) is 13.2. The van der Waals surface area contributed by atoms with Crippen LogP contribution in [0.4, 0.5) is 0 Å². The van der Waals surface area contributed by atoms with Crippen molar-refractivity contribution in [2.75, 3.05) is 13.6 Å². The summed E-state index contributed by atoms with van der Waals surface area (Å²) in [5.74, 6) is 1.86. The molecule has 2 saturated carbocycles. The van der Waals surface area contributed by atoms with Crippen LogP contribution in [0.5, 0.6) is 0 Å².